The maximum Gasteiger partial charge on any atom is 0.490 e. The van der Waals surface area contributed by atoms with Crippen molar-refractivity contribution in [3.8, 4) is 0 Å². The van der Waals surface area contributed by atoms with Crippen LogP contribution in [0, 0.1) is 0 Å². The first kappa shape index (κ1) is 32.9. The molecule has 230 valence electrons. The van der Waals surface area contributed by atoms with Crippen LogP contribution in [-0.2, 0) is 41.6 Å². The molecule has 0 atom stereocenters. The van der Waals surface area contributed by atoms with Crippen LogP contribution in [0.5, 0.6) is 0 Å². The Labute approximate surface area is 241 Å². The second-order valence-corrected chi connectivity index (χ2v) is 10.3. The number of carbonyl (C=O) groups is 2. The molecule has 0 saturated heterocycles. The summed E-state index contributed by atoms with van der Waals surface area (Å²) in [5.41, 5.74) is 6.61. The quantitative estimate of drug-likeness (QED) is 0.329. The summed E-state index contributed by atoms with van der Waals surface area (Å²) in [5.74, 6) is -5.51. The number of imidazole rings is 1. The summed E-state index contributed by atoms with van der Waals surface area (Å²) in [6.45, 7) is 2.92. The van der Waals surface area contributed by atoms with Gasteiger partial charge in [-0.3, -0.25) is 10.00 Å². The molecule has 2 aliphatic rings. The number of hydrogen-bond donors (Lipinski definition) is 3. The number of halogens is 7. The maximum absolute atomic E-state index is 10.6. The maximum atomic E-state index is 10.6. The second-order valence-electron chi connectivity index (χ2n) is 9.89. The van der Waals surface area contributed by atoms with E-state index in [0.29, 0.717) is 0 Å². The number of nitrogens with one attached hydrogen (secondary N) is 1. The summed E-state index contributed by atoms with van der Waals surface area (Å²) in [5, 5.41) is 23.3. The van der Waals surface area contributed by atoms with E-state index in [2.05, 4.69) is 38.7 Å². The van der Waals surface area contributed by atoms with E-state index < -0.39 is 24.3 Å². The zero-order valence-electron chi connectivity index (χ0n) is 22.3. The first-order valence-electron chi connectivity index (χ1n) is 12.6. The number of aromatic nitrogens is 4. The number of hydrogen-bond acceptors (Lipinski definition) is 5. The van der Waals surface area contributed by atoms with Crippen LogP contribution in [0.2, 0.25) is 5.02 Å². The molecule has 5 rings (SSSR count). The Bertz CT molecular complexity index is 1340. The van der Waals surface area contributed by atoms with Gasteiger partial charge in [-0.05, 0) is 30.5 Å². The summed E-state index contributed by atoms with van der Waals surface area (Å²) in [6, 6.07) is 8.44. The Morgan fingerprint density at radius 3 is 2.05 bits per heavy atom. The lowest BCUT2D eigenvalue weighted by Crippen LogP contribution is -2.33. The van der Waals surface area contributed by atoms with E-state index in [1.54, 1.807) is 0 Å². The number of alkyl halides is 6. The summed E-state index contributed by atoms with van der Waals surface area (Å²) in [7, 11) is 2.06. The van der Waals surface area contributed by atoms with Crippen molar-refractivity contribution in [1.29, 1.82) is 0 Å². The van der Waals surface area contributed by atoms with Crippen LogP contribution in [0.1, 0.15) is 53.9 Å². The van der Waals surface area contributed by atoms with Crippen molar-refractivity contribution in [3.63, 3.8) is 0 Å². The summed E-state index contributed by atoms with van der Waals surface area (Å²) < 4.78 is 65.6. The number of H-pyrrole nitrogens is 1. The van der Waals surface area contributed by atoms with Crippen LogP contribution >= 0.6 is 11.6 Å². The van der Waals surface area contributed by atoms with Crippen LogP contribution in [0.25, 0.3) is 0 Å². The zero-order chi connectivity index (χ0) is 31.3. The number of aromatic amines is 1. The number of aryl methyl sites for hydroxylation is 1. The van der Waals surface area contributed by atoms with Gasteiger partial charge >= 0.3 is 24.3 Å². The molecule has 3 aromatic rings. The summed E-state index contributed by atoms with van der Waals surface area (Å²) in [6.07, 6.45) is -0.468. The second kappa shape index (κ2) is 13.2. The van der Waals surface area contributed by atoms with Crippen LogP contribution < -0.4 is 0 Å². The average molecular weight is 624 g/mol. The fourth-order valence-corrected chi connectivity index (χ4v) is 5.18. The number of benzene rings is 1. The first-order valence-corrected chi connectivity index (χ1v) is 13.0. The molecule has 0 amide bonds. The highest BCUT2D eigenvalue weighted by atomic mass is 35.5. The third-order valence-corrected chi connectivity index (χ3v) is 7.36. The van der Waals surface area contributed by atoms with Gasteiger partial charge in [-0.2, -0.15) is 31.4 Å². The minimum atomic E-state index is -5.08. The highest BCUT2D eigenvalue weighted by molar-refractivity contribution is 6.30. The van der Waals surface area contributed by atoms with E-state index in [-0.39, 0.29) is 5.41 Å². The zero-order valence-corrected chi connectivity index (χ0v) is 23.0. The van der Waals surface area contributed by atoms with Gasteiger partial charge in [0.2, 0.25) is 0 Å². The van der Waals surface area contributed by atoms with Crippen molar-refractivity contribution in [2.45, 2.75) is 63.0 Å². The Kier molecular flexibility index (Phi) is 10.3. The molecule has 9 nitrogen and oxygen atoms in total. The largest absolute Gasteiger partial charge is 0.490 e. The lowest BCUT2D eigenvalue weighted by Gasteiger charge is -2.32. The average Bonchev–Trinajstić information content (AvgIpc) is 3.65. The molecule has 1 aromatic carbocycles. The first-order chi connectivity index (χ1) is 19.5. The molecular formula is C26H28ClF6N5O4. The highest BCUT2D eigenvalue weighted by Crippen LogP contribution is 2.48. The molecule has 0 bridgehead atoms. The van der Waals surface area contributed by atoms with Crippen molar-refractivity contribution >= 4 is 23.5 Å². The van der Waals surface area contributed by atoms with E-state index in [1.165, 1.54) is 41.1 Å². The Morgan fingerprint density at radius 1 is 1.02 bits per heavy atom. The van der Waals surface area contributed by atoms with Crippen molar-refractivity contribution in [2.75, 3.05) is 6.54 Å². The minimum absolute atomic E-state index is 0.0181. The Balaban J connectivity index is 0.000000289. The normalized spacial score (nSPS) is 16.5. The molecule has 2 aromatic heterocycles. The lowest BCUT2D eigenvalue weighted by molar-refractivity contribution is -0.193. The monoisotopic (exact) mass is 623 g/mol. The molecule has 16 heteroatoms. The number of fused-ring (bicyclic) bond motifs is 1. The third-order valence-electron chi connectivity index (χ3n) is 7.11. The predicted molar refractivity (Wildman–Crippen MR) is 138 cm³/mol. The Hall–Kier alpha value is -3.59. The van der Waals surface area contributed by atoms with E-state index >= 15 is 0 Å². The van der Waals surface area contributed by atoms with Crippen molar-refractivity contribution in [1.82, 2.24) is 24.6 Å². The molecule has 0 spiro atoms. The van der Waals surface area contributed by atoms with E-state index in [4.69, 9.17) is 36.5 Å². The van der Waals surface area contributed by atoms with Gasteiger partial charge in [0.05, 0.1) is 17.7 Å². The van der Waals surface area contributed by atoms with Crippen molar-refractivity contribution in [2.24, 2.45) is 7.05 Å². The molecule has 1 aliphatic heterocycles. The number of aliphatic carboxylic acids is 2. The molecule has 1 saturated carbocycles. The van der Waals surface area contributed by atoms with Crippen LogP contribution in [0.15, 0.2) is 36.8 Å². The van der Waals surface area contributed by atoms with Crippen molar-refractivity contribution < 1.29 is 46.1 Å². The molecule has 0 unspecified atom stereocenters. The fourth-order valence-electron chi connectivity index (χ4n) is 5.06. The van der Waals surface area contributed by atoms with Crippen LogP contribution in [0.3, 0.4) is 0 Å². The minimum Gasteiger partial charge on any atom is -0.475 e. The van der Waals surface area contributed by atoms with Crippen molar-refractivity contribution in [3.05, 3.63) is 70.0 Å². The molecule has 3 heterocycles. The number of carboxylic acids is 2. The van der Waals surface area contributed by atoms with E-state index in [0.717, 1.165) is 43.9 Å². The number of nitrogens with zero attached hydrogens (tertiary/aromatic N) is 4. The molecule has 1 fully saturated rings. The van der Waals surface area contributed by atoms with Gasteiger partial charge < -0.3 is 14.8 Å². The van der Waals surface area contributed by atoms with E-state index in [1.807, 2.05) is 24.7 Å². The topological polar surface area (TPSA) is 124 Å². The van der Waals surface area contributed by atoms with Gasteiger partial charge in [-0.15, -0.1) is 0 Å². The summed E-state index contributed by atoms with van der Waals surface area (Å²) in [4.78, 5) is 24.6. The van der Waals surface area contributed by atoms with Gasteiger partial charge in [0, 0.05) is 61.0 Å². The van der Waals surface area contributed by atoms with Crippen LogP contribution in [0.4, 0.5) is 26.3 Å². The number of rotatable bonds is 4. The molecular weight excluding hydrogens is 596 g/mol. The SMILES string of the molecule is Cn1cncc1CN1CCc2[nH]nc(C3(c4ccc(Cl)cc4)CCCC3)c2C1.O=C(O)C(F)(F)F.O=C(O)C(F)(F)F. The standard InChI is InChI=1S/C22H26ClN5.2C2HF3O2/c1-27-15-24-12-18(27)13-28-11-8-20-19(14-28)21(26-25-20)22(9-2-3-10-22)16-4-6-17(23)7-5-16;2*3-2(4,5)1(6)7/h4-7,12,15H,2-3,8-11,13-14H2,1H3,(H,25,26);2*(H,6,7). The summed E-state index contributed by atoms with van der Waals surface area (Å²) >= 11 is 6.17. The van der Waals surface area contributed by atoms with E-state index in [9.17, 15) is 26.3 Å². The molecule has 3 N–H and O–H groups in total. The number of carboxylic acid groups (broad SMARTS) is 2. The van der Waals surface area contributed by atoms with Gasteiger partial charge in [0.25, 0.3) is 0 Å². The van der Waals surface area contributed by atoms with Gasteiger partial charge in [0.15, 0.2) is 0 Å². The lowest BCUT2D eigenvalue weighted by atomic mass is 9.74. The highest BCUT2D eigenvalue weighted by Gasteiger charge is 2.42. The van der Waals surface area contributed by atoms with Gasteiger partial charge in [0.1, 0.15) is 0 Å². The van der Waals surface area contributed by atoms with Crippen LogP contribution in [-0.4, -0.2) is 65.7 Å². The van der Waals surface area contributed by atoms with Gasteiger partial charge in [-0.25, -0.2) is 14.6 Å². The molecule has 1 aliphatic carbocycles. The smallest absolute Gasteiger partial charge is 0.475 e. The third kappa shape index (κ3) is 8.03. The fraction of sp³-hybridized carbons (Fsp3) is 0.462. The molecule has 0 radical (unpaired) electrons. The predicted octanol–water partition coefficient (Wildman–Crippen LogP) is 5.48. The van der Waals surface area contributed by atoms with Gasteiger partial charge in [-0.1, -0.05) is 36.6 Å². The Morgan fingerprint density at radius 2 is 1.57 bits per heavy atom. The molecule has 42 heavy (non-hydrogen) atoms.